The van der Waals surface area contributed by atoms with E-state index in [2.05, 4.69) is 11.8 Å². The minimum Gasteiger partial charge on any atom is -0.465 e. The molecule has 0 saturated heterocycles. The van der Waals surface area contributed by atoms with Gasteiger partial charge in [0.1, 0.15) is 0 Å². The van der Waals surface area contributed by atoms with E-state index in [0.29, 0.717) is 5.56 Å². The minimum absolute atomic E-state index is 0.315. The van der Waals surface area contributed by atoms with E-state index >= 15 is 0 Å². The van der Waals surface area contributed by atoms with Crippen LogP contribution in [0.2, 0.25) is 0 Å². The Bertz CT molecular complexity index is 552. The van der Waals surface area contributed by atoms with Gasteiger partial charge in [-0.05, 0) is 31.2 Å². The van der Waals surface area contributed by atoms with Crippen molar-refractivity contribution in [3.05, 3.63) is 60.2 Å². The van der Waals surface area contributed by atoms with Crippen molar-refractivity contribution in [2.24, 2.45) is 0 Å². The fourth-order valence-electron chi connectivity index (χ4n) is 2.09. The second-order valence-electron chi connectivity index (χ2n) is 4.09. The van der Waals surface area contributed by atoms with Gasteiger partial charge < -0.3 is 9.64 Å². The third kappa shape index (κ3) is 2.76. The maximum Gasteiger partial charge on any atom is 0.339 e. The molecule has 3 nitrogen and oxygen atoms in total. The highest BCUT2D eigenvalue weighted by molar-refractivity contribution is 5.96. The average Bonchev–Trinajstić information content (AvgIpc) is 2.49. The normalized spacial score (nSPS) is 10.0. The van der Waals surface area contributed by atoms with Crippen molar-refractivity contribution in [2.75, 3.05) is 18.6 Å². The zero-order valence-electron chi connectivity index (χ0n) is 11.2. The van der Waals surface area contributed by atoms with E-state index in [1.54, 1.807) is 6.07 Å². The van der Waals surface area contributed by atoms with Crippen LogP contribution in [0.15, 0.2) is 54.6 Å². The number of para-hydroxylation sites is 2. The van der Waals surface area contributed by atoms with Crippen LogP contribution in [0.5, 0.6) is 0 Å². The van der Waals surface area contributed by atoms with Gasteiger partial charge in [0, 0.05) is 12.2 Å². The molecule has 0 aliphatic rings. The van der Waals surface area contributed by atoms with Gasteiger partial charge in [-0.1, -0.05) is 30.3 Å². The van der Waals surface area contributed by atoms with E-state index in [9.17, 15) is 4.79 Å². The summed E-state index contributed by atoms with van der Waals surface area (Å²) in [5.41, 5.74) is 2.50. The van der Waals surface area contributed by atoms with Gasteiger partial charge in [-0.15, -0.1) is 0 Å². The lowest BCUT2D eigenvalue weighted by Crippen LogP contribution is -2.19. The number of nitrogens with zero attached hydrogens (tertiary/aromatic N) is 1. The first-order chi connectivity index (χ1) is 9.27. The van der Waals surface area contributed by atoms with Crippen LogP contribution in [0.25, 0.3) is 0 Å². The summed E-state index contributed by atoms with van der Waals surface area (Å²) in [6.07, 6.45) is 0. The van der Waals surface area contributed by atoms with Crippen LogP contribution < -0.4 is 4.90 Å². The van der Waals surface area contributed by atoms with Crippen molar-refractivity contribution in [1.82, 2.24) is 0 Å². The van der Waals surface area contributed by atoms with E-state index < -0.39 is 0 Å². The third-order valence-corrected chi connectivity index (χ3v) is 2.98. The number of carbonyl (C=O) groups is 1. The van der Waals surface area contributed by atoms with E-state index in [0.717, 1.165) is 17.9 Å². The molecule has 0 unspecified atom stereocenters. The summed E-state index contributed by atoms with van der Waals surface area (Å²) in [6, 6.07) is 17.5. The number of hydrogen-bond acceptors (Lipinski definition) is 3. The van der Waals surface area contributed by atoms with Gasteiger partial charge in [0.2, 0.25) is 0 Å². The van der Waals surface area contributed by atoms with Crippen molar-refractivity contribution in [3.8, 4) is 0 Å². The lowest BCUT2D eigenvalue weighted by molar-refractivity contribution is 0.0601. The predicted molar refractivity (Wildman–Crippen MR) is 76.9 cm³/mol. The number of esters is 1. The average molecular weight is 255 g/mol. The standard InChI is InChI=1S/C16H17NO2/c1-3-17(13-9-5-4-6-10-13)15-12-8-7-11-14(15)16(18)19-2/h4-12H,3H2,1-2H3. The molecule has 0 heterocycles. The highest BCUT2D eigenvalue weighted by Gasteiger charge is 2.16. The van der Waals surface area contributed by atoms with Crippen molar-refractivity contribution < 1.29 is 9.53 Å². The van der Waals surface area contributed by atoms with Crippen molar-refractivity contribution in [1.29, 1.82) is 0 Å². The summed E-state index contributed by atoms with van der Waals surface area (Å²) < 4.78 is 4.84. The van der Waals surface area contributed by atoms with E-state index in [4.69, 9.17) is 4.74 Å². The Morgan fingerprint density at radius 1 is 1.05 bits per heavy atom. The van der Waals surface area contributed by atoms with E-state index in [-0.39, 0.29) is 5.97 Å². The Hall–Kier alpha value is -2.29. The van der Waals surface area contributed by atoms with Crippen LogP contribution in [0, 0.1) is 0 Å². The molecule has 0 aliphatic carbocycles. The first-order valence-corrected chi connectivity index (χ1v) is 6.28. The molecule has 0 aromatic heterocycles. The Labute approximate surface area is 113 Å². The summed E-state index contributed by atoms with van der Waals surface area (Å²) in [6.45, 7) is 2.83. The zero-order valence-corrected chi connectivity index (χ0v) is 11.2. The second-order valence-corrected chi connectivity index (χ2v) is 4.09. The highest BCUT2D eigenvalue weighted by Crippen LogP contribution is 2.28. The molecular formula is C16H17NO2. The van der Waals surface area contributed by atoms with Gasteiger partial charge >= 0.3 is 5.97 Å². The van der Waals surface area contributed by atoms with E-state index in [1.807, 2.05) is 48.5 Å². The van der Waals surface area contributed by atoms with Crippen LogP contribution in [-0.4, -0.2) is 19.6 Å². The first kappa shape index (κ1) is 13.1. The maximum absolute atomic E-state index is 11.8. The lowest BCUT2D eigenvalue weighted by atomic mass is 10.1. The molecule has 0 atom stereocenters. The number of benzene rings is 2. The lowest BCUT2D eigenvalue weighted by Gasteiger charge is -2.25. The first-order valence-electron chi connectivity index (χ1n) is 6.28. The van der Waals surface area contributed by atoms with Crippen LogP contribution in [0.4, 0.5) is 11.4 Å². The molecule has 0 bridgehead atoms. The Morgan fingerprint density at radius 2 is 1.68 bits per heavy atom. The minimum atomic E-state index is -0.315. The largest absolute Gasteiger partial charge is 0.465 e. The molecule has 0 aliphatic heterocycles. The van der Waals surface area contributed by atoms with Gasteiger partial charge in [-0.25, -0.2) is 4.79 Å². The van der Waals surface area contributed by atoms with Gasteiger partial charge in [-0.3, -0.25) is 0 Å². The second kappa shape index (κ2) is 6.05. The summed E-state index contributed by atoms with van der Waals surface area (Å²) in [5.74, 6) is -0.315. The Kier molecular flexibility index (Phi) is 4.18. The van der Waals surface area contributed by atoms with Crippen molar-refractivity contribution in [3.63, 3.8) is 0 Å². The molecule has 0 N–H and O–H groups in total. The molecule has 0 saturated carbocycles. The smallest absolute Gasteiger partial charge is 0.339 e. The van der Waals surface area contributed by atoms with Crippen LogP contribution in [-0.2, 0) is 4.74 Å². The molecule has 0 spiro atoms. The zero-order chi connectivity index (χ0) is 13.7. The van der Waals surface area contributed by atoms with Gasteiger partial charge in [0.25, 0.3) is 0 Å². The molecule has 3 heteroatoms. The Balaban J connectivity index is 2.47. The molecule has 2 rings (SSSR count). The topological polar surface area (TPSA) is 29.5 Å². The molecule has 0 amide bonds. The molecule has 2 aromatic rings. The number of rotatable bonds is 4. The monoisotopic (exact) mass is 255 g/mol. The maximum atomic E-state index is 11.8. The molecule has 0 radical (unpaired) electrons. The van der Waals surface area contributed by atoms with Crippen LogP contribution in [0.1, 0.15) is 17.3 Å². The van der Waals surface area contributed by atoms with Crippen molar-refractivity contribution >= 4 is 17.3 Å². The Morgan fingerprint density at radius 3 is 2.32 bits per heavy atom. The number of methoxy groups -OCH3 is 1. The SMILES string of the molecule is CCN(c1ccccc1)c1ccccc1C(=O)OC. The fourth-order valence-corrected chi connectivity index (χ4v) is 2.09. The number of carbonyl (C=O) groups excluding carboxylic acids is 1. The number of hydrogen-bond donors (Lipinski definition) is 0. The summed E-state index contributed by atoms with van der Waals surface area (Å²) in [5, 5.41) is 0. The number of ether oxygens (including phenoxy) is 1. The third-order valence-electron chi connectivity index (χ3n) is 2.98. The summed E-state index contributed by atoms with van der Waals surface area (Å²) in [4.78, 5) is 13.9. The fraction of sp³-hybridized carbons (Fsp3) is 0.188. The van der Waals surface area contributed by atoms with Gasteiger partial charge in [-0.2, -0.15) is 0 Å². The van der Waals surface area contributed by atoms with Crippen LogP contribution in [0.3, 0.4) is 0 Å². The summed E-state index contributed by atoms with van der Waals surface area (Å²) in [7, 11) is 1.40. The molecule has 98 valence electrons. The quantitative estimate of drug-likeness (QED) is 0.781. The van der Waals surface area contributed by atoms with Crippen LogP contribution >= 0.6 is 0 Å². The van der Waals surface area contributed by atoms with Crippen molar-refractivity contribution in [2.45, 2.75) is 6.92 Å². The van der Waals surface area contributed by atoms with Gasteiger partial charge in [0.05, 0.1) is 18.4 Å². The predicted octanol–water partition coefficient (Wildman–Crippen LogP) is 3.63. The summed E-state index contributed by atoms with van der Waals surface area (Å²) >= 11 is 0. The number of anilines is 2. The highest BCUT2D eigenvalue weighted by atomic mass is 16.5. The van der Waals surface area contributed by atoms with Gasteiger partial charge in [0.15, 0.2) is 0 Å². The molecule has 2 aromatic carbocycles. The molecule has 0 fully saturated rings. The van der Waals surface area contributed by atoms with E-state index in [1.165, 1.54) is 7.11 Å². The molecular weight excluding hydrogens is 238 g/mol. The molecule has 19 heavy (non-hydrogen) atoms.